The van der Waals surface area contributed by atoms with Gasteiger partial charge in [-0.05, 0) is 38.0 Å². The van der Waals surface area contributed by atoms with Crippen LogP contribution in [0.5, 0.6) is 0 Å². The minimum Gasteiger partial charge on any atom is -0.359 e. The quantitative estimate of drug-likeness (QED) is 0.268. The number of para-hydroxylation sites is 1. The number of allylic oxidation sites excluding steroid dienone is 2. The fraction of sp³-hybridized carbons (Fsp3) is 0.312. The SMILES string of the molecule is Cc1cnc(Nc2cc(C)n(C)n2)nc1-c1c[nH]c2c(N3CC4(C)C(NC(=O)[C@@H]5CCC(=O)N5)=CC=CC4C3=O)cccc12. The van der Waals surface area contributed by atoms with Gasteiger partial charge in [-0.3, -0.25) is 19.1 Å². The van der Waals surface area contributed by atoms with Gasteiger partial charge < -0.3 is 25.8 Å². The summed E-state index contributed by atoms with van der Waals surface area (Å²) >= 11 is 0. The van der Waals surface area contributed by atoms with E-state index in [0.717, 1.165) is 39.1 Å². The van der Waals surface area contributed by atoms with E-state index >= 15 is 0 Å². The third-order valence-corrected chi connectivity index (χ3v) is 9.02. The van der Waals surface area contributed by atoms with Crippen LogP contribution >= 0.6 is 0 Å². The molecule has 1 aromatic carbocycles. The van der Waals surface area contributed by atoms with Gasteiger partial charge in [0.2, 0.25) is 23.7 Å². The Balaban J connectivity index is 1.19. The minimum atomic E-state index is -0.657. The van der Waals surface area contributed by atoms with Crippen molar-refractivity contribution in [2.24, 2.45) is 18.4 Å². The van der Waals surface area contributed by atoms with E-state index in [1.54, 1.807) is 15.8 Å². The predicted octanol–water partition coefficient (Wildman–Crippen LogP) is 3.54. The van der Waals surface area contributed by atoms with E-state index in [1.807, 2.05) is 76.5 Å². The van der Waals surface area contributed by atoms with Crippen LogP contribution in [0.4, 0.5) is 17.5 Å². The summed E-state index contributed by atoms with van der Waals surface area (Å²) < 4.78 is 1.78. The maximum Gasteiger partial charge on any atom is 0.246 e. The fourth-order valence-corrected chi connectivity index (χ4v) is 6.44. The Morgan fingerprint density at radius 1 is 1.20 bits per heavy atom. The number of rotatable bonds is 6. The second-order valence-corrected chi connectivity index (χ2v) is 12.0. The predicted molar refractivity (Wildman–Crippen MR) is 166 cm³/mol. The zero-order chi connectivity index (χ0) is 30.7. The molecule has 2 saturated heterocycles. The lowest BCUT2D eigenvalue weighted by Crippen LogP contribution is -2.46. The maximum atomic E-state index is 13.9. The molecule has 2 aliphatic heterocycles. The monoisotopic (exact) mass is 591 g/mol. The van der Waals surface area contributed by atoms with Crippen LogP contribution in [0.15, 0.2) is 60.6 Å². The second kappa shape index (κ2) is 10.2. The molecule has 224 valence electrons. The van der Waals surface area contributed by atoms with E-state index in [2.05, 4.69) is 31.0 Å². The van der Waals surface area contributed by atoms with Crippen LogP contribution in [-0.2, 0) is 21.4 Å². The van der Waals surface area contributed by atoms with E-state index < -0.39 is 17.4 Å². The van der Waals surface area contributed by atoms with Crippen LogP contribution in [0.25, 0.3) is 22.2 Å². The summed E-state index contributed by atoms with van der Waals surface area (Å²) in [6.07, 6.45) is 10.1. The van der Waals surface area contributed by atoms with E-state index in [-0.39, 0.29) is 17.7 Å². The number of carbonyl (C=O) groups is 3. The number of carbonyl (C=O) groups excluding carboxylic acids is 3. The largest absolute Gasteiger partial charge is 0.359 e. The van der Waals surface area contributed by atoms with Crippen molar-refractivity contribution in [3.05, 3.63) is 71.8 Å². The number of fused-ring (bicyclic) bond motifs is 2. The van der Waals surface area contributed by atoms with Crippen LogP contribution in [0.3, 0.4) is 0 Å². The lowest BCUT2D eigenvalue weighted by molar-refractivity contribution is -0.125. The van der Waals surface area contributed by atoms with Gasteiger partial charge in [0.1, 0.15) is 6.04 Å². The van der Waals surface area contributed by atoms with Crippen molar-refractivity contribution in [1.82, 2.24) is 35.4 Å². The number of anilines is 3. The number of nitrogens with one attached hydrogen (secondary N) is 4. The van der Waals surface area contributed by atoms with Crippen molar-refractivity contribution < 1.29 is 14.4 Å². The first-order valence-corrected chi connectivity index (χ1v) is 14.6. The van der Waals surface area contributed by atoms with Crippen molar-refractivity contribution in [2.75, 3.05) is 16.8 Å². The normalized spacial score (nSPS) is 22.7. The number of aryl methyl sites for hydroxylation is 3. The number of amides is 3. The number of H-pyrrole nitrogens is 1. The summed E-state index contributed by atoms with van der Waals surface area (Å²) in [6.45, 7) is 6.32. The van der Waals surface area contributed by atoms with Gasteiger partial charge in [0.15, 0.2) is 5.82 Å². The summed E-state index contributed by atoms with van der Waals surface area (Å²) in [5, 5.41) is 14.3. The Labute approximate surface area is 253 Å². The minimum absolute atomic E-state index is 0.0447. The zero-order valence-corrected chi connectivity index (χ0v) is 24.9. The van der Waals surface area contributed by atoms with Gasteiger partial charge in [0.25, 0.3) is 0 Å². The number of aromatic amines is 1. The molecule has 3 atom stereocenters. The molecular formula is C32H33N9O3. The van der Waals surface area contributed by atoms with Gasteiger partial charge in [0.05, 0.1) is 22.8 Å². The number of aromatic nitrogens is 5. The summed E-state index contributed by atoms with van der Waals surface area (Å²) in [5.41, 5.74) is 5.16. The molecule has 12 nitrogen and oxygen atoms in total. The van der Waals surface area contributed by atoms with Crippen LogP contribution < -0.4 is 20.9 Å². The Hall–Kier alpha value is -5.26. The van der Waals surface area contributed by atoms with Crippen LogP contribution in [0, 0.1) is 25.2 Å². The molecule has 3 aromatic heterocycles. The zero-order valence-electron chi connectivity index (χ0n) is 24.9. The van der Waals surface area contributed by atoms with Crippen molar-refractivity contribution in [2.45, 2.75) is 39.7 Å². The van der Waals surface area contributed by atoms with Gasteiger partial charge in [-0.1, -0.05) is 31.2 Å². The van der Waals surface area contributed by atoms with E-state index in [1.165, 1.54) is 0 Å². The van der Waals surface area contributed by atoms with E-state index in [9.17, 15) is 14.4 Å². The van der Waals surface area contributed by atoms with Gasteiger partial charge in [-0.15, -0.1) is 0 Å². The lowest BCUT2D eigenvalue weighted by Gasteiger charge is -2.33. The molecule has 4 aromatic rings. The fourth-order valence-electron chi connectivity index (χ4n) is 6.44. The van der Waals surface area contributed by atoms with Gasteiger partial charge in [-0.2, -0.15) is 5.10 Å². The summed E-state index contributed by atoms with van der Waals surface area (Å²) in [5.74, 6) is 0.226. The molecule has 4 N–H and O–H groups in total. The van der Waals surface area contributed by atoms with Gasteiger partial charge >= 0.3 is 0 Å². The molecule has 44 heavy (non-hydrogen) atoms. The third kappa shape index (κ3) is 4.45. The summed E-state index contributed by atoms with van der Waals surface area (Å²) in [7, 11) is 1.88. The van der Waals surface area contributed by atoms with Crippen molar-refractivity contribution in [3.8, 4) is 11.3 Å². The van der Waals surface area contributed by atoms with Crippen LogP contribution in [0.1, 0.15) is 31.0 Å². The van der Waals surface area contributed by atoms with Crippen LogP contribution in [0.2, 0.25) is 0 Å². The Morgan fingerprint density at radius 3 is 2.80 bits per heavy atom. The van der Waals surface area contributed by atoms with Crippen molar-refractivity contribution in [1.29, 1.82) is 0 Å². The van der Waals surface area contributed by atoms with E-state index in [4.69, 9.17) is 4.98 Å². The standard InChI is InChI=1S/C32H33N9O3/c1-17-14-34-31(37-25-13-18(2)40(4)39-25)38-27(17)20-15-33-28-19(20)7-5-9-23(28)41-16-32(3)21(30(41)44)8-6-10-24(32)36-29(43)22-11-12-26(42)35-22/h5-10,13-15,21-22,33H,11-12,16H2,1-4H3,(H,35,42)(H,36,43)(H,34,37,38,39)/t21?,22-,32?/m0/s1. The molecule has 3 aliphatic rings. The maximum absolute atomic E-state index is 13.9. The Bertz CT molecular complexity index is 1900. The second-order valence-electron chi connectivity index (χ2n) is 12.0. The summed E-state index contributed by atoms with van der Waals surface area (Å²) in [4.78, 5) is 53.1. The molecule has 0 spiro atoms. The molecule has 2 fully saturated rings. The first-order valence-electron chi connectivity index (χ1n) is 14.6. The van der Waals surface area contributed by atoms with Crippen molar-refractivity contribution >= 4 is 46.1 Å². The highest BCUT2D eigenvalue weighted by molar-refractivity contribution is 6.09. The summed E-state index contributed by atoms with van der Waals surface area (Å²) in [6, 6.07) is 7.25. The first-order chi connectivity index (χ1) is 21.1. The van der Waals surface area contributed by atoms with Crippen molar-refractivity contribution in [3.63, 3.8) is 0 Å². The van der Waals surface area contributed by atoms with Gasteiger partial charge in [-0.25, -0.2) is 9.97 Å². The molecule has 0 saturated carbocycles. The number of hydrogen-bond donors (Lipinski definition) is 4. The molecule has 1 aliphatic carbocycles. The number of benzene rings is 1. The molecule has 7 rings (SSSR count). The molecule has 0 radical (unpaired) electrons. The molecule has 0 bridgehead atoms. The average molecular weight is 592 g/mol. The highest BCUT2D eigenvalue weighted by Crippen LogP contribution is 2.47. The number of hydrogen-bond acceptors (Lipinski definition) is 7. The molecule has 2 unspecified atom stereocenters. The molecular weight excluding hydrogens is 558 g/mol. The first kappa shape index (κ1) is 27.6. The average Bonchev–Trinajstić information content (AvgIpc) is 3.76. The Kier molecular flexibility index (Phi) is 6.38. The number of nitrogens with zero attached hydrogens (tertiary/aromatic N) is 5. The third-order valence-electron chi connectivity index (χ3n) is 9.02. The molecule has 3 amide bonds. The lowest BCUT2D eigenvalue weighted by atomic mass is 9.74. The van der Waals surface area contributed by atoms with Gasteiger partial charge in [0, 0.05) is 66.2 Å². The highest BCUT2D eigenvalue weighted by atomic mass is 16.2. The topological polar surface area (TPSA) is 150 Å². The van der Waals surface area contributed by atoms with Crippen LogP contribution in [-0.4, -0.2) is 55.0 Å². The smallest absolute Gasteiger partial charge is 0.246 e. The molecule has 12 heteroatoms. The van der Waals surface area contributed by atoms with E-state index in [0.29, 0.717) is 36.8 Å². The molecule has 5 heterocycles. The Morgan fingerprint density at radius 2 is 2.05 bits per heavy atom. The highest BCUT2D eigenvalue weighted by Gasteiger charge is 2.52.